The molecule has 3 aromatic carbocycles. The average molecular weight is 437 g/mol. The minimum Gasteiger partial charge on any atom is -0.378 e. The summed E-state index contributed by atoms with van der Waals surface area (Å²) in [6, 6.07) is 15.5. The molecule has 32 heavy (non-hydrogen) atoms. The number of benzene rings is 3. The summed E-state index contributed by atoms with van der Waals surface area (Å²) < 4.78 is 48.9. The van der Waals surface area contributed by atoms with E-state index in [9.17, 15) is 13.2 Å². The quantitative estimate of drug-likeness (QED) is 0.379. The van der Waals surface area contributed by atoms with Crippen LogP contribution in [0.3, 0.4) is 0 Å². The van der Waals surface area contributed by atoms with Crippen LogP contribution >= 0.6 is 0 Å². The first-order valence-corrected chi connectivity index (χ1v) is 11.1. The molecule has 0 aromatic heterocycles. The smallest absolute Gasteiger partial charge is 0.166 e. The molecule has 0 spiro atoms. The SMILES string of the molecule is CCCOC1CC=C(c2ccc(-c3ccc(-c4ccc(C)c(F)c4F)cc3)cc2F)CC1. The van der Waals surface area contributed by atoms with E-state index in [1.807, 2.05) is 12.1 Å². The topological polar surface area (TPSA) is 9.23 Å². The van der Waals surface area contributed by atoms with Crippen molar-refractivity contribution in [3.63, 3.8) is 0 Å². The zero-order valence-electron chi connectivity index (χ0n) is 18.4. The van der Waals surface area contributed by atoms with Crippen LogP contribution in [0.1, 0.15) is 43.7 Å². The maximum absolute atomic E-state index is 14.9. The molecule has 1 aliphatic rings. The zero-order chi connectivity index (χ0) is 22.7. The highest BCUT2D eigenvalue weighted by Gasteiger charge is 2.18. The number of halogens is 3. The third kappa shape index (κ3) is 4.66. The Morgan fingerprint density at radius 3 is 2.19 bits per heavy atom. The molecule has 1 unspecified atom stereocenters. The maximum atomic E-state index is 14.9. The van der Waals surface area contributed by atoms with Gasteiger partial charge in [-0.25, -0.2) is 13.2 Å². The normalized spacial score (nSPS) is 16.2. The monoisotopic (exact) mass is 436 g/mol. The van der Waals surface area contributed by atoms with E-state index in [2.05, 4.69) is 13.0 Å². The lowest BCUT2D eigenvalue weighted by molar-refractivity contribution is 0.0488. The fourth-order valence-electron chi connectivity index (χ4n) is 4.16. The highest BCUT2D eigenvalue weighted by atomic mass is 19.2. The first kappa shape index (κ1) is 22.3. The molecule has 0 N–H and O–H groups in total. The fourth-order valence-corrected chi connectivity index (χ4v) is 4.16. The minimum atomic E-state index is -0.851. The van der Waals surface area contributed by atoms with Gasteiger partial charge in [0.1, 0.15) is 5.82 Å². The molecular formula is C28H27F3O. The summed E-state index contributed by atoms with van der Waals surface area (Å²) in [4.78, 5) is 0. The Morgan fingerprint density at radius 1 is 0.844 bits per heavy atom. The summed E-state index contributed by atoms with van der Waals surface area (Å²) >= 11 is 0. The van der Waals surface area contributed by atoms with Crippen LogP contribution in [0.25, 0.3) is 27.8 Å². The number of rotatable bonds is 6. The molecule has 0 aliphatic heterocycles. The lowest BCUT2D eigenvalue weighted by Crippen LogP contribution is -2.16. The van der Waals surface area contributed by atoms with Crippen molar-refractivity contribution in [2.75, 3.05) is 6.61 Å². The Kier molecular flexibility index (Phi) is 6.80. The van der Waals surface area contributed by atoms with Gasteiger partial charge < -0.3 is 4.74 Å². The third-order valence-electron chi connectivity index (χ3n) is 6.04. The summed E-state index contributed by atoms with van der Waals surface area (Å²) in [7, 11) is 0. The molecule has 0 bridgehead atoms. The molecule has 0 amide bonds. The first-order valence-electron chi connectivity index (χ1n) is 11.1. The molecule has 0 saturated carbocycles. The first-order chi connectivity index (χ1) is 15.5. The van der Waals surface area contributed by atoms with Gasteiger partial charge in [0.2, 0.25) is 0 Å². The summed E-state index contributed by atoms with van der Waals surface area (Å²) in [5.74, 6) is -1.93. The molecule has 1 atom stereocenters. The predicted octanol–water partition coefficient (Wildman–Crippen LogP) is 8.11. The molecule has 0 fully saturated rings. The van der Waals surface area contributed by atoms with Crippen molar-refractivity contribution in [1.82, 2.24) is 0 Å². The molecule has 0 heterocycles. The highest BCUT2D eigenvalue weighted by molar-refractivity contribution is 5.74. The van der Waals surface area contributed by atoms with Crippen LogP contribution in [0.15, 0.2) is 60.7 Å². The number of hydrogen-bond acceptors (Lipinski definition) is 1. The van der Waals surface area contributed by atoms with Gasteiger partial charge in [0.25, 0.3) is 0 Å². The largest absolute Gasteiger partial charge is 0.378 e. The second-order valence-electron chi connectivity index (χ2n) is 8.33. The molecule has 0 saturated heterocycles. The number of allylic oxidation sites excluding steroid dienone is 1. The van der Waals surface area contributed by atoms with Gasteiger partial charge in [-0.2, -0.15) is 0 Å². The van der Waals surface area contributed by atoms with E-state index in [-0.39, 0.29) is 23.0 Å². The number of ether oxygens (including phenoxy) is 1. The van der Waals surface area contributed by atoms with Crippen LogP contribution < -0.4 is 0 Å². The molecule has 4 rings (SSSR count). The van der Waals surface area contributed by atoms with Gasteiger partial charge in [-0.3, -0.25) is 0 Å². The van der Waals surface area contributed by atoms with E-state index >= 15 is 0 Å². The van der Waals surface area contributed by atoms with E-state index < -0.39 is 11.6 Å². The second kappa shape index (κ2) is 9.74. The van der Waals surface area contributed by atoms with Crippen LogP contribution in [0.4, 0.5) is 13.2 Å². The Hall–Kier alpha value is -2.85. The van der Waals surface area contributed by atoms with E-state index in [1.54, 1.807) is 36.4 Å². The summed E-state index contributed by atoms with van der Waals surface area (Å²) in [5, 5.41) is 0. The standard InChI is InChI=1S/C28H27F3O/c1-3-16-32-23-12-9-20(10-13-23)24-15-11-22(17-26(24)29)19-5-7-21(8-6-19)25-14-4-18(2)27(30)28(25)31/h4-9,11,14-15,17,23H,3,10,12-13,16H2,1-2H3. The molecule has 166 valence electrons. The van der Waals surface area contributed by atoms with Crippen molar-refractivity contribution >= 4 is 5.57 Å². The average Bonchev–Trinajstić information content (AvgIpc) is 2.82. The van der Waals surface area contributed by atoms with Crippen LogP contribution in [-0.2, 0) is 4.74 Å². The van der Waals surface area contributed by atoms with Crippen molar-refractivity contribution in [2.45, 2.75) is 45.6 Å². The fraction of sp³-hybridized carbons (Fsp3) is 0.286. The Morgan fingerprint density at radius 2 is 1.53 bits per heavy atom. The van der Waals surface area contributed by atoms with Crippen molar-refractivity contribution in [1.29, 1.82) is 0 Å². The maximum Gasteiger partial charge on any atom is 0.166 e. The zero-order valence-corrected chi connectivity index (χ0v) is 18.4. The van der Waals surface area contributed by atoms with Gasteiger partial charge in [-0.1, -0.05) is 61.5 Å². The predicted molar refractivity (Wildman–Crippen MR) is 124 cm³/mol. The van der Waals surface area contributed by atoms with Gasteiger partial charge in [-0.15, -0.1) is 0 Å². The summed E-state index contributed by atoms with van der Waals surface area (Å²) in [6.45, 7) is 4.39. The van der Waals surface area contributed by atoms with E-state index in [0.29, 0.717) is 11.1 Å². The van der Waals surface area contributed by atoms with E-state index in [0.717, 1.165) is 49.0 Å². The number of aryl methyl sites for hydroxylation is 1. The van der Waals surface area contributed by atoms with Gasteiger partial charge in [0.15, 0.2) is 11.6 Å². The van der Waals surface area contributed by atoms with E-state index in [1.165, 1.54) is 13.0 Å². The van der Waals surface area contributed by atoms with Crippen LogP contribution in [0.5, 0.6) is 0 Å². The van der Waals surface area contributed by atoms with Crippen LogP contribution in [0, 0.1) is 24.4 Å². The van der Waals surface area contributed by atoms with Gasteiger partial charge in [0.05, 0.1) is 6.10 Å². The Bertz CT molecular complexity index is 1130. The van der Waals surface area contributed by atoms with E-state index in [4.69, 9.17) is 4.74 Å². The Balaban J connectivity index is 1.53. The minimum absolute atomic E-state index is 0.214. The van der Waals surface area contributed by atoms with Crippen LogP contribution in [0.2, 0.25) is 0 Å². The lowest BCUT2D eigenvalue weighted by atomic mass is 9.90. The molecule has 0 radical (unpaired) electrons. The number of hydrogen-bond donors (Lipinski definition) is 0. The van der Waals surface area contributed by atoms with Gasteiger partial charge in [-0.05, 0) is 66.5 Å². The van der Waals surface area contributed by atoms with Crippen LogP contribution in [-0.4, -0.2) is 12.7 Å². The van der Waals surface area contributed by atoms with Gasteiger partial charge in [0, 0.05) is 17.7 Å². The highest BCUT2D eigenvalue weighted by Crippen LogP contribution is 2.33. The Labute approximate surface area is 187 Å². The molecular weight excluding hydrogens is 409 g/mol. The lowest BCUT2D eigenvalue weighted by Gasteiger charge is -2.22. The molecule has 1 nitrogen and oxygen atoms in total. The van der Waals surface area contributed by atoms with Crippen molar-refractivity contribution in [3.05, 3.63) is 89.3 Å². The van der Waals surface area contributed by atoms with Crippen molar-refractivity contribution in [2.24, 2.45) is 0 Å². The van der Waals surface area contributed by atoms with Crippen molar-refractivity contribution < 1.29 is 17.9 Å². The summed E-state index contributed by atoms with van der Waals surface area (Å²) in [5.41, 5.74) is 4.29. The summed E-state index contributed by atoms with van der Waals surface area (Å²) in [6.07, 6.45) is 5.84. The molecule has 4 heteroatoms. The molecule has 3 aromatic rings. The second-order valence-corrected chi connectivity index (χ2v) is 8.33. The molecule has 1 aliphatic carbocycles. The van der Waals surface area contributed by atoms with Crippen molar-refractivity contribution in [3.8, 4) is 22.3 Å². The third-order valence-corrected chi connectivity index (χ3v) is 6.04. The van der Waals surface area contributed by atoms with Gasteiger partial charge >= 0.3 is 0 Å².